The molecule has 0 saturated carbocycles. The Hall–Kier alpha value is -3.95. The number of hydrazone groups is 1. The molecule has 9 heteroatoms. The van der Waals surface area contributed by atoms with E-state index in [2.05, 4.69) is 66.2 Å². The molecule has 1 amide bonds. The van der Waals surface area contributed by atoms with Gasteiger partial charge in [-0.25, -0.2) is 5.43 Å². The molecule has 0 aliphatic rings. The van der Waals surface area contributed by atoms with Crippen molar-refractivity contribution in [3.05, 3.63) is 113 Å². The second-order valence-electron chi connectivity index (χ2n) is 8.09. The maximum Gasteiger partial charge on any atom is 0.250 e. The Balaban J connectivity index is 1.29. The number of nitrogens with one attached hydrogen (secondary N) is 2. The van der Waals surface area contributed by atoms with Crippen LogP contribution in [0.5, 0.6) is 0 Å². The molecular weight excluding hydrogens is 548 g/mol. The van der Waals surface area contributed by atoms with E-state index in [4.69, 9.17) is 0 Å². The van der Waals surface area contributed by atoms with Crippen molar-refractivity contribution < 1.29 is 4.79 Å². The normalized spacial score (nSPS) is 11.2. The number of carbonyl (C=O) groups excluding carboxylic acids is 1. The van der Waals surface area contributed by atoms with Gasteiger partial charge in [0.25, 0.3) is 5.91 Å². The van der Waals surface area contributed by atoms with E-state index >= 15 is 0 Å². The van der Waals surface area contributed by atoms with Gasteiger partial charge in [0.1, 0.15) is 0 Å². The maximum absolute atomic E-state index is 12.4. The van der Waals surface area contributed by atoms with Crippen LogP contribution in [0.3, 0.4) is 0 Å². The summed E-state index contributed by atoms with van der Waals surface area (Å²) in [6.07, 6.45) is 1.61. The van der Waals surface area contributed by atoms with E-state index in [9.17, 15) is 4.79 Å². The van der Waals surface area contributed by atoms with E-state index in [-0.39, 0.29) is 11.7 Å². The molecule has 37 heavy (non-hydrogen) atoms. The third kappa shape index (κ3) is 6.25. The van der Waals surface area contributed by atoms with Crippen LogP contribution in [0.4, 0.5) is 5.69 Å². The van der Waals surface area contributed by atoms with Gasteiger partial charge in [-0.15, -0.1) is 10.2 Å². The fraction of sp³-hybridized carbons (Fsp3) is 0.0714. The number of thioether (sulfide) groups is 1. The molecule has 2 N–H and O–H groups in total. The Bertz CT molecular complexity index is 1550. The van der Waals surface area contributed by atoms with Crippen LogP contribution in [-0.4, -0.2) is 32.6 Å². The smallest absolute Gasteiger partial charge is 0.250 e. The number of amides is 1. The summed E-state index contributed by atoms with van der Waals surface area (Å²) in [5, 5.41) is 19.3. The van der Waals surface area contributed by atoms with Crippen LogP contribution in [0.2, 0.25) is 0 Å². The summed E-state index contributed by atoms with van der Waals surface area (Å²) >= 11 is 4.74. The summed E-state index contributed by atoms with van der Waals surface area (Å²) in [6, 6.07) is 32.0. The van der Waals surface area contributed by atoms with Gasteiger partial charge >= 0.3 is 0 Å². The largest absolute Gasteiger partial charge is 0.377 e. The highest BCUT2D eigenvalue weighted by Crippen LogP contribution is 2.25. The first kappa shape index (κ1) is 24.7. The molecular formula is C28H23BrN6OS. The number of rotatable bonds is 9. The first-order valence-corrected chi connectivity index (χ1v) is 13.4. The van der Waals surface area contributed by atoms with Gasteiger partial charge in [-0.2, -0.15) is 5.10 Å². The molecule has 0 saturated heterocycles. The fourth-order valence-corrected chi connectivity index (χ4v) is 5.01. The Labute approximate surface area is 227 Å². The maximum atomic E-state index is 12.4. The van der Waals surface area contributed by atoms with Crippen molar-refractivity contribution in [1.29, 1.82) is 0 Å². The summed E-state index contributed by atoms with van der Waals surface area (Å²) in [4.78, 5) is 12.4. The third-order valence-corrected chi connectivity index (χ3v) is 6.95. The molecule has 1 aromatic heterocycles. The quantitative estimate of drug-likeness (QED) is 0.128. The van der Waals surface area contributed by atoms with Gasteiger partial charge in [0.15, 0.2) is 11.0 Å². The van der Waals surface area contributed by atoms with E-state index in [0.29, 0.717) is 11.7 Å². The molecule has 4 aromatic carbocycles. The van der Waals surface area contributed by atoms with Gasteiger partial charge < -0.3 is 5.32 Å². The Morgan fingerprint density at radius 1 is 0.946 bits per heavy atom. The minimum absolute atomic E-state index is 0.150. The molecule has 7 nitrogen and oxygen atoms in total. The number of halogens is 1. The molecule has 0 unspecified atom stereocenters. The van der Waals surface area contributed by atoms with Crippen LogP contribution < -0.4 is 10.7 Å². The van der Waals surface area contributed by atoms with Crippen molar-refractivity contribution >= 4 is 56.3 Å². The zero-order valence-corrected chi connectivity index (χ0v) is 22.1. The minimum atomic E-state index is -0.228. The summed E-state index contributed by atoms with van der Waals surface area (Å²) in [7, 11) is 0. The number of aromatic nitrogens is 3. The van der Waals surface area contributed by atoms with Crippen molar-refractivity contribution in [2.45, 2.75) is 11.7 Å². The summed E-state index contributed by atoms with van der Waals surface area (Å²) in [5.41, 5.74) is 5.41. The average Bonchev–Trinajstić information content (AvgIpc) is 3.34. The average molecular weight is 572 g/mol. The number of fused-ring (bicyclic) bond motifs is 1. The number of hydrogen-bond donors (Lipinski definition) is 2. The monoisotopic (exact) mass is 570 g/mol. The van der Waals surface area contributed by atoms with Crippen molar-refractivity contribution in [2.24, 2.45) is 5.10 Å². The molecule has 0 fully saturated rings. The second kappa shape index (κ2) is 11.9. The van der Waals surface area contributed by atoms with Gasteiger partial charge in [0.05, 0.1) is 18.5 Å². The molecule has 0 spiro atoms. The molecule has 0 radical (unpaired) electrons. The SMILES string of the molecule is O=C(CSc1nnc(CNc2cccc3ccccc23)n1-c1ccccc1)NN=Cc1cccc(Br)c1. The first-order chi connectivity index (χ1) is 18.2. The number of nitrogens with zero attached hydrogens (tertiary/aromatic N) is 4. The number of benzene rings is 4. The molecule has 1 heterocycles. The van der Waals surface area contributed by atoms with Crippen LogP contribution in [-0.2, 0) is 11.3 Å². The highest BCUT2D eigenvalue weighted by Gasteiger charge is 2.16. The molecule has 5 rings (SSSR count). The third-order valence-electron chi connectivity index (χ3n) is 5.53. The van der Waals surface area contributed by atoms with Gasteiger partial charge in [0, 0.05) is 21.2 Å². The van der Waals surface area contributed by atoms with Crippen LogP contribution >= 0.6 is 27.7 Å². The molecule has 184 valence electrons. The number of carbonyl (C=O) groups is 1. The van der Waals surface area contributed by atoms with E-state index < -0.39 is 0 Å². The van der Waals surface area contributed by atoms with Crippen LogP contribution in [0.1, 0.15) is 11.4 Å². The van der Waals surface area contributed by atoms with Gasteiger partial charge in [0.2, 0.25) is 0 Å². The van der Waals surface area contributed by atoms with Crippen LogP contribution in [0, 0.1) is 0 Å². The molecule has 0 aliphatic carbocycles. The summed E-state index contributed by atoms with van der Waals surface area (Å²) in [5.74, 6) is 0.668. The predicted octanol–water partition coefficient (Wildman–Crippen LogP) is 6.04. The zero-order valence-electron chi connectivity index (χ0n) is 19.7. The van der Waals surface area contributed by atoms with Crippen LogP contribution in [0.25, 0.3) is 16.5 Å². The predicted molar refractivity (Wildman–Crippen MR) is 153 cm³/mol. The van der Waals surface area contributed by atoms with Crippen molar-refractivity contribution in [3.8, 4) is 5.69 Å². The number of anilines is 1. The zero-order chi connectivity index (χ0) is 25.5. The lowest BCUT2D eigenvalue weighted by Gasteiger charge is -2.12. The lowest BCUT2D eigenvalue weighted by atomic mass is 10.1. The molecule has 0 bridgehead atoms. The van der Waals surface area contributed by atoms with Crippen molar-refractivity contribution in [3.63, 3.8) is 0 Å². The van der Waals surface area contributed by atoms with Gasteiger partial charge in [-0.3, -0.25) is 9.36 Å². The second-order valence-corrected chi connectivity index (χ2v) is 9.95. The summed E-state index contributed by atoms with van der Waals surface area (Å²) in [6.45, 7) is 0.472. The van der Waals surface area contributed by atoms with E-state index in [1.54, 1.807) is 6.21 Å². The van der Waals surface area contributed by atoms with Gasteiger partial charge in [-0.05, 0) is 41.3 Å². The molecule has 0 aliphatic heterocycles. The standard InChI is InChI=1S/C28H23BrN6OS/c29-22-11-6-8-20(16-22)17-31-33-27(36)19-37-28-34-32-26(35(28)23-12-2-1-3-13-23)18-30-25-15-7-10-21-9-4-5-14-24(21)25/h1-17,30H,18-19H2,(H,33,36). The lowest BCUT2D eigenvalue weighted by Crippen LogP contribution is -2.20. The number of hydrogen-bond acceptors (Lipinski definition) is 6. The molecule has 0 atom stereocenters. The summed E-state index contributed by atoms with van der Waals surface area (Å²) < 4.78 is 2.92. The lowest BCUT2D eigenvalue weighted by molar-refractivity contribution is -0.118. The first-order valence-electron chi connectivity index (χ1n) is 11.6. The van der Waals surface area contributed by atoms with E-state index in [1.807, 2.05) is 77.4 Å². The Kier molecular flexibility index (Phi) is 7.93. The van der Waals surface area contributed by atoms with Crippen molar-refractivity contribution in [2.75, 3.05) is 11.1 Å². The molecule has 5 aromatic rings. The highest BCUT2D eigenvalue weighted by atomic mass is 79.9. The Morgan fingerprint density at radius 2 is 1.73 bits per heavy atom. The van der Waals surface area contributed by atoms with Gasteiger partial charge in [-0.1, -0.05) is 94.4 Å². The minimum Gasteiger partial charge on any atom is -0.377 e. The number of para-hydroxylation sites is 1. The Morgan fingerprint density at radius 3 is 2.59 bits per heavy atom. The fourth-order valence-electron chi connectivity index (χ4n) is 3.83. The van der Waals surface area contributed by atoms with Crippen molar-refractivity contribution in [1.82, 2.24) is 20.2 Å². The highest BCUT2D eigenvalue weighted by molar-refractivity contribution is 9.10. The topological polar surface area (TPSA) is 84.2 Å². The van der Waals surface area contributed by atoms with E-state index in [0.717, 1.165) is 32.6 Å². The van der Waals surface area contributed by atoms with Crippen LogP contribution in [0.15, 0.2) is 112 Å². The van der Waals surface area contributed by atoms with E-state index in [1.165, 1.54) is 17.1 Å².